The highest BCUT2D eigenvalue weighted by molar-refractivity contribution is 7.84. The minimum Gasteiger partial charge on any atom is -0.507 e. The first kappa shape index (κ1) is 14.6. The summed E-state index contributed by atoms with van der Waals surface area (Å²) in [5.41, 5.74) is -0.359. The molecule has 1 aromatic carbocycles. The highest BCUT2D eigenvalue weighted by atomic mass is 32.2. The van der Waals surface area contributed by atoms with Crippen LogP contribution in [0.4, 0.5) is 4.39 Å². The standard InChI is InChI=1S/C12H16FNO3S/c1-8(18(2)17)6-7-14-12(16)11-9(13)4-3-5-10(11)15/h3-5,8,15H,6-7H2,1-2H3,(H,14,16). The molecule has 0 aliphatic carbocycles. The van der Waals surface area contributed by atoms with Crippen LogP contribution in [0.5, 0.6) is 5.75 Å². The van der Waals surface area contributed by atoms with E-state index in [2.05, 4.69) is 5.32 Å². The zero-order chi connectivity index (χ0) is 13.7. The molecule has 0 radical (unpaired) electrons. The van der Waals surface area contributed by atoms with Crippen molar-refractivity contribution >= 4 is 16.7 Å². The van der Waals surface area contributed by atoms with E-state index >= 15 is 0 Å². The summed E-state index contributed by atoms with van der Waals surface area (Å²) in [5, 5.41) is 11.9. The van der Waals surface area contributed by atoms with E-state index in [-0.39, 0.29) is 23.1 Å². The lowest BCUT2D eigenvalue weighted by Gasteiger charge is -2.10. The van der Waals surface area contributed by atoms with Crippen molar-refractivity contribution in [3.63, 3.8) is 0 Å². The average Bonchev–Trinajstić information content (AvgIpc) is 2.28. The number of rotatable bonds is 5. The molecule has 1 amide bonds. The molecule has 1 aromatic rings. The summed E-state index contributed by atoms with van der Waals surface area (Å²) in [7, 11) is -0.953. The van der Waals surface area contributed by atoms with Crippen LogP contribution in [-0.2, 0) is 10.8 Å². The lowest BCUT2D eigenvalue weighted by molar-refractivity contribution is 0.0946. The molecule has 0 fully saturated rings. The summed E-state index contributed by atoms with van der Waals surface area (Å²) in [4.78, 5) is 11.7. The van der Waals surface area contributed by atoms with Crippen molar-refractivity contribution in [1.82, 2.24) is 5.32 Å². The monoisotopic (exact) mass is 273 g/mol. The minimum atomic E-state index is -0.953. The Bertz CT molecular complexity index is 444. The van der Waals surface area contributed by atoms with Gasteiger partial charge in [-0.1, -0.05) is 13.0 Å². The lowest BCUT2D eigenvalue weighted by Crippen LogP contribution is -2.28. The summed E-state index contributed by atoms with van der Waals surface area (Å²) in [5.74, 6) is -1.82. The summed E-state index contributed by atoms with van der Waals surface area (Å²) in [6.45, 7) is 2.09. The van der Waals surface area contributed by atoms with Crippen LogP contribution < -0.4 is 5.32 Å². The van der Waals surface area contributed by atoms with E-state index in [0.29, 0.717) is 6.42 Å². The molecule has 1 rings (SSSR count). The molecule has 0 saturated heterocycles. The number of halogens is 1. The fraction of sp³-hybridized carbons (Fsp3) is 0.417. The van der Waals surface area contributed by atoms with Gasteiger partial charge in [-0.2, -0.15) is 0 Å². The van der Waals surface area contributed by atoms with E-state index in [1.807, 2.05) is 6.92 Å². The Morgan fingerprint density at radius 3 is 2.78 bits per heavy atom. The normalized spacial score (nSPS) is 13.9. The molecule has 2 atom stereocenters. The Labute approximate surface area is 108 Å². The predicted molar refractivity (Wildman–Crippen MR) is 68.5 cm³/mol. The second-order valence-corrected chi connectivity index (χ2v) is 5.79. The molecule has 100 valence electrons. The van der Waals surface area contributed by atoms with Crippen LogP contribution in [0.25, 0.3) is 0 Å². The molecule has 0 aromatic heterocycles. The maximum absolute atomic E-state index is 13.3. The highest BCUT2D eigenvalue weighted by Crippen LogP contribution is 2.19. The number of nitrogens with one attached hydrogen (secondary N) is 1. The molecular formula is C12H16FNO3S. The number of amides is 1. The van der Waals surface area contributed by atoms with Gasteiger partial charge in [-0.25, -0.2) is 4.39 Å². The zero-order valence-electron chi connectivity index (χ0n) is 10.3. The smallest absolute Gasteiger partial charge is 0.258 e. The van der Waals surface area contributed by atoms with Crippen LogP contribution in [-0.4, -0.2) is 33.3 Å². The fourth-order valence-electron chi connectivity index (χ4n) is 1.38. The lowest BCUT2D eigenvalue weighted by atomic mass is 10.1. The maximum atomic E-state index is 13.3. The molecule has 0 aliphatic rings. The van der Waals surface area contributed by atoms with Crippen LogP contribution in [0.3, 0.4) is 0 Å². The van der Waals surface area contributed by atoms with Crippen molar-refractivity contribution in [3.05, 3.63) is 29.6 Å². The van der Waals surface area contributed by atoms with Crippen LogP contribution in [0.15, 0.2) is 18.2 Å². The predicted octanol–water partition coefficient (Wildman–Crippen LogP) is 1.42. The van der Waals surface area contributed by atoms with Gasteiger partial charge in [0.2, 0.25) is 0 Å². The quantitative estimate of drug-likeness (QED) is 0.852. The zero-order valence-corrected chi connectivity index (χ0v) is 11.1. The molecule has 6 heteroatoms. The Kier molecular flexibility index (Phi) is 5.27. The van der Waals surface area contributed by atoms with Crippen molar-refractivity contribution in [2.24, 2.45) is 0 Å². The van der Waals surface area contributed by atoms with Gasteiger partial charge in [0, 0.05) is 28.9 Å². The van der Waals surface area contributed by atoms with Gasteiger partial charge in [-0.3, -0.25) is 9.00 Å². The highest BCUT2D eigenvalue weighted by Gasteiger charge is 2.16. The molecule has 0 aliphatic heterocycles. The molecule has 0 spiro atoms. The summed E-state index contributed by atoms with van der Waals surface area (Å²) in [6, 6.07) is 3.68. The van der Waals surface area contributed by atoms with Gasteiger partial charge in [0.25, 0.3) is 5.91 Å². The van der Waals surface area contributed by atoms with Crippen LogP contribution in [0, 0.1) is 5.82 Å². The molecule has 2 N–H and O–H groups in total. The van der Waals surface area contributed by atoms with E-state index in [0.717, 1.165) is 6.07 Å². The summed E-state index contributed by atoms with van der Waals surface area (Å²) >= 11 is 0. The van der Waals surface area contributed by atoms with E-state index < -0.39 is 22.5 Å². The summed E-state index contributed by atoms with van der Waals surface area (Å²) < 4.78 is 24.4. The number of hydrogen-bond donors (Lipinski definition) is 2. The summed E-state index contributed by atoms with van der Waals surface area (Å²) in [6.07, 6.45) is 2.12. The second-order valence-electron chi connectivity index (χ2n) is 3.99. The Morgan fingerprint density at radius 1 is 1.56 bits per heavy atom. The Balaban J connectivity index is 2.59. The van der Waals surface area contributed by atoms with Crippen molar-refractivity contribution in [2.75, 3.05) is 12.8 Å². The number of carbonyl (C=O) groups is 1. The third kappa shape index (κ3) is 3.80. The number of phenols is 1. The van der Waals surface area contributed by atoms with Gasteiger partial charge in [0.1, 0.15) is 17.1 Å². The SMILES string of the molecule is CC(CCNC(=O)c1c(O)cccc1F)S(C)=O. The third-order valence-corrected chi connectivity index (χ3v) is 3.99. The molecule has 0 saturated carbocycles. The van der Waals surface area contributed by atoms with E-state index in [1.54, 1.807) is 6.26 Å². The van der Waals surface area contributed by atoms with E-state index in [9.17, 15) is 18.5 Å². The first-order valence-corrected chi connectivity index (χ1v) is 7.13. The van der Waals surface area contributed by atoms with Gasteiger partial charge in [0.05, 0.1) is 0 Å². The maximum Gasteiger partial charge on any atom is 0.258 e. The first-order valence-electron chi connectivity index (χ1n) is 5.51. The van der Waals surface area contributed by atoms with Gasteiger partial charge in [-0.05, 0) is 18.6 Å². The van der Waals surface area contributed by atoms with Gasteiger partial charge < -0.3 is 10.4 Å². The molecule has 2 unspecified atom stereocenters. The van der Waals surface area contributed by atoms with Crippen molar-refractivity contribution in [1.29, 1.82) is 0 Å². The minimum absolute atomic E-state index is 0.0421. The number of carbonyl (C=O) groups excluding carboxylic acids is 1. The topological polar surface area (TPSA) is 66.4 Å². The number of benzene rings is 1. The number of hydrogen-bond acceptors (Lipinski definition) is 3. The molecule has 18 heavy (non-hydrogen) atoms. The number of aromatic hydroxyl groups is 1. The van der Waals surface area contributed by atoms with Crippen molar-refractivity contribution < 1.29 is 18.5 Å². The molecular weight excluding hydrogens is 257 g/mol. The van der Waals surface area contributed by atoms with Crippen molar-refractivity contribution in [3.8, 4) is 5.75 Å². The Morgan fingerprint density at radius 2 is 2.22 bits per heavy atom. The van der Waals surface area contributed by atoms with Crippen LogP contribution in [0.1, 0.15) is 23.7 Å². The van der Waals surface area contributed by atoms with Gasteiger partial charge in [-0.15, -0.1) is 0 Å². The van der Waals surface area contributed by atoms with Crippen LogP contribution >= 0.6 is 0 Å². The van der Waals surface area contributed by atoms with Gasteiger partial charge in [0.15, 0.2) is 0 Å². The van der Waals surface area contributed by atoms with Gasteiger partial charge >= 0.3 is 0 Å². The fourth-order valence-corrected chi connectivity index (χ4v) is 1.83. The molecule has 0 heterocycles. The average molecular weight is 273 g/mol. The first-order chi connectivity index (χ1) is 8.43. The number of phenolic OH excluding ortho intramolecular Hbond substituents is 1. The second kappa shape index (κ2) is 6.49. The largest absolute Gasteiger partial charge is 0.507 e. The molecule has 4 nitrogen and oxygen atoms in total. The molecule has 0 bridgehead atoms. The van der Waals surface area contributed by atoms with Crippen LogP contribution in [0.2, 0.25) is 0 Å². The van der Waals surface area contributed by atoms with E-state index in [1.165, 1.54) is 12.1 Å². The van der Waals surface area contributed by atoms with E-state index in [4.69, 9.17) is 0 Å². The van der Waals surface area contributed by atoms with Crippen molar-refractivity contribution in [2.45, 2.75) is 18.6 Å². The third-order valence-electron chi connectivity index (χ3n) is 2.62. The Hall–Kier alpha value is -1.43.